The molecule has 0 aliphatic heterocycles. The van der Waals surface area contributed by atoms with Crippen molar-refractivity contribution in [2.24, 2.45) is 0 Å². The van der Waals surface area contributed by atoms with Gasteiger partial charge in [-0.25, -0.2) is 4.98 Å². The number of pyridine rings is 1. The van der Waals surface area contributed by atoms with E-state index in [0.717, 1.165) is 11.3 Å². The van der Waals surface area contributed by atoms with Crippen LogP contribution in [0.15, 0.2) is 55.3 Å². The van der Waals surface area contributed by atoms with Gasteiger partial charge in [0.15, 0.2) is 0 Å². The monoisotopic (exact) mass is 254 g/mol. The van der Waals surface area contributed by atoms with Gasteiger partial charge in [-0.05, 0) is 18.2 Å². The fourth-order valence-electron chi connectivity index (χ4n) is 1.79. The first-order valence-electron chi connectivity index (χ1n) is 6.16. The molecule has 0 saturated carbocycles. The lowest BCUT2D eigenvalue weighted by atomic mass is 9.84. The summed E-state index contributed by atoms with van der Waals surface area (Å²) < 4.78 is 5.84. The zero-order chi connectivity index (χ0) is 13.9. The SMILES string of the molecule is C=CC(C)(C)c1ccccc1Oc1ncccc1N. The van der Waals surface area contributed by atoms with Gasteiger partial charge >= 0.3 is 0 Å². The summed E-state index contributed by atoms with van der Waals surface area (Å²) in [5, 5.41) is 0. The van der Waals surface area contributed by atoms with E-state index in [-0.39, 0.29) is 5.41 Å². The highest BCUT2D eigenvalue weighted by atomic mass is 16.5. The van der Waals surface area contributed by atoms with Crippen molar-refractivity contribution in [3.05, 3.63) is 60.8 Å². The van der Waals surface area contributed by atoms with Crippen LogP contribution in [0.2, 0.25) is 0 Å². The summed E-state index contributed by atoms with van der Waals surface area (Å²) in [4.78, 5) is 4.15. The molecule has 3 heteroatoms. The minimum atomic E-state index is -0.180. The maximum absolute atomic E-state index is 5.85. The molecule has 0 atom stereocenters. The van der Waals surface area contributed by atoms with Gasteiger partial charge in [0, 0.05) is 17.2 Å². The number of nitrogens with zero attached hydrogens (tertiary/aromatic N) is 1. The first-order chi connectivity index (χ1) is 9.04. The first kappa shape index (κ1) is 13.1. The van der Waals surface area contributed by atoms with E-state index >= 15 is 0 Å². The molecule has 1 aromatic heterocycles. The van der Waals surface area contributed by atoms with Gasteiger partial charge in [-0.1, -0.05) is 38.1 Å². The second-order valence-corrected chi connectivity index (χ2v) is 4.92. The summed E-state index contributed by atoms with van der Waals surface area (Å²) in [6.07, 6.45) is 3.56. The van der Waals surface area contributed by atoms with Crippen LogP contribution in [-0.2, 0) is 5.41 Å². The molecule has 3 nitrogen and oxygen atoms in total. The lowest BCUT2D eigenvalue weighted by molar-refractivity contribution is 0.449. The summed E-state index contributed by atoms with van der Waals surface area (Å²) in [7, 11) is 0. The molecule has 0 saturated heterocycles. The van der Waals surface area contributed by atoms with E-state index < -0.39 is 0 Å². The van der Waals surface area contributed by atoms with Crippen LogP contribution in [0.4, 0.5) is 5.69 Å². The highest BCUT2D eigenvalue weighted by Crippen LogP contribution is 2.35. The quantitative estimate of drug-likeness (QED) is 0.841. The molecule has 2 rings (SSSR count). The second kappa shape index (κ2) is 5.14. The van der Waals surface area contributed by atoms with E-state index in [1.807, 2.05) is 30.3 Å². The molecule has 2 aromatic rings. The van der Waals surface area contributed by atoms with E-state index in [1.165, 1.54) is 0 Å². The molecule has 0 bridgehead atoms. The minimum Gasteiger partial charge on any atom is -0.437 e. The summed E-state index contributed by atoms with van der Waals surface area (Å²) in [6.45, 7) is 8.05. The van der Waals surface area contributed by atoms with Crippen LogP contribution < -0.4 is 10.5 Å². The Bertz CT molecular complexity index is 591. The lowest BCUT2D eigenvalue weighted by Gasteiger charge is -2.23. The number of aromatic nitrogens is 1. The Kier molecular flexibility index (Phi) is 3.56. The summed E-state index contributed by atoms with van der Waals surface area (Å²) in [5.74, 6) is 1.17. The normalized spacial score (nSPS) is 11.1. The molecule has 2 N–H and O–H groups in total. The molecule has 19 heavy (non-hydrogen) atoms. The number of hydrogen-bond acceptors (Lipinski definition) is 3. The van der Waals surface area contributed by atoms with Gasteiger partial charge in [0.05, 0.1) is 5.69 Å². The molecular weight excluding hydrogens is 236 g/mol. The van der Waals surface area contributed by atoms with Crippen LogP contribution in [-0.4, -0.2) is 4.98 Å². The number of allylic oxidation sites excluding steroid dienone is 1. The zero-order valence-corrected chi connectivity index (χ0v) is 11.3. The molecule has 0 aliphatic carbocycles. The first-order valence-corrected chi connectivity index (χ1v) is 6.16. The van der Waals surface area contributed by atoms with Crippen molar-refractivity contribution < 1.29 is 4.74 Å². The zero-order valence-electron chi connectivity index (χ0n) is 11.3. The third kappa shape index (κ3) is 2.76. The minimum absolute atomic E-state index is 0.180. The molecule has 0 amide bonds. The number of nitrogens with two attached hydrogens (primary N) is 1. The van der Waals surface area contributed by atoms with Crippen molar-refractivity contribution >= 4 is 5.69 Å². The molecule has 98 valence electrons. The summed E-state index contributed by atoms with van der Waals surface area (Å²) in [5.41, 5.74) is 7.24. The van der Waals surface area contributed by atoms with Crippen molar-refractivity contribution in [1.82, 2.24) is 4.98 Å². The fraction of sp³-hybridized carbons (Fsp3) is 0.188. The van der Waals surface area contributed by atoms with Gasteiger partial charge in [-0.15, -0.1) is 6.58 Å². The number of benzene rings is 1. The van der Waals surface area contributed by atoms with Crippen LogP contribution in [0.3, 0.4) is 0 Å². The van der Waals surface area contributed by atoms with Crippen molar-refractivity contribution in [2.45, 2.75) is 19.3 Å². The molecule has 0 unspecified atom stereocenters. The third-order valence-corrected chi connectivity index (χ3v) is 3.10. The second-order valence-electron chi connectivity index (χ2n) is 4.92. The summed E-state index contributed by atoms with van der Waals surface area (Å²) in [6, 6.07) is 11.4. The van der Waals surface area contributed by atoms with E-state index in [4.69, 9.17) is 10.5 Å². The molecule has 1 heterocycles. The molecular formula is C16H18N2O. The molecule has 0 aliphatic rings. The van der Waals surface area contributed by atoms with Gasteiger partial charge in [0.2, 0.25) is 5.88 Å². The molecule has 0 fully saturated rings. The van der Waals surface area contributed by atoms with Gasteiger partial charge in [-0.2, -0.15) is 0 Å². The Balaban J connectivity index is 2.42. The number of para-hydroxylation sites is 1. The van der Waals surface area contributed by atoms with Crippen molar-refractivity contribution in [3.63, 3.8) is 0 Å². The van der Waals surface area contributed by atoms with Gasteiger partial charge in [-0.3, -0.25) is 0 Å². The Morgan fingerprint density at radius 3 is 2.63 bits per heavy atom. The highest BCUT2D eigenvalue weighted by Gasteiger charge is 2.21. The summed E-state index contributed by atoms with van der Waals surface area (Å²) >= 11 is 0. The van der Waals surface area contributed by atoms with Crippen LogP contribution >= 0.6 is 0 Å². The molecule has 0 spiro atoms. The molecule has 0 radical (unpaired) electrons. The van der Waals surface area contributed by atoms with E-state index in [0.29, 0.717) is 11.6 Å². The maximum atomic E-state index is 5.85. The Hall–Kier alpha value is -2.29. The number of rotatable bonds is 4. The number of anilines is 1. The standard InChI is InChI=1S/C16H18N2O/c1-4-16(2,3)12-8-5-6-10-14(12)19-15-13(17)9-7-11-18-15/h4-11H,1,17H2,2-3H3. The number of hydrogen-bond donors (Lipinski definition) is 1. The topological polar surface area (TPSA) is 48.1 Å². The van der Waals surface area contributed by atoms with Gasteiger partial charge in [0.25, 0.3) is 0 Å². The fourth-order valence-corrected chi connectivity index (χ4v) is 1.79. The predicted octanol–water partition coefficient (Wildman–Crippen LogP) is 3.92. The van der Waals surface area contributed by atoms with Crippen LogP contribution in [0.5, 0.6) is 11.6 Å². The Labute approximate surface area is 113 Å². The van der Waals surface area contributed by atoms with Crippen LogP contribution in [0.1, 0.15) is 19.4 Å². The maximum Gasteiger partial charge on any atom is 0.242 e. The van der Waals surface area contributed by atoms with Gasteiger partial charge in [0.1, 0.15) is 5.75 Å². The van der Waals surface area contributed by atoms with Crippen molar-refractivity contribution in [3.8, 4) is 11.6 Å². The smallest absolute Gasteiger partial charge is 0.242 e. The predicted molar refractivity (Wildman–Crippen MR) is 78.4 cm³/mol. The largest absolute Gasteiger partial charge is 0.437 e. The number of nitrogen functional groups attached to an aromatic ring is 1. The third-order valence-electron chi connectivity index (χ3n) is 3.10. The Morgan fingerprint density at radius 2 is 1.95 bits per heavy atom. The van der Waals surface area contributed by atoms with Crippen LogP contribution in [0.25, 0.3) is 0 Å². The van der Waals surface area contributed by atoms with E-state index in [9.17, 15) is 0 Å². The van der Waals surface area contributed by atoms with Crippen LogP contribution in [0, 0.1) is 0 Å². The van der Waals surface area contributed by atoms with Crippen molar-refractivity contribution in [1.29, 1.82) is 0 Å². The van der Waals surface area contributed by atoms with E-state index in [1.54, 1.807) is 18.3 Å². The van der Waals surface area contributed by atoms with E-state index in [2.05, 4.69) is 25.4 Å². The van der Waals surface area contributed by atoms with Crippen molar-refractivity contribution in [2.75, 3.05) is 5.73 Å². The average molecular weight is 254 g/mol. The van der Waals surface area contributed by atoms with Gasteiger partial charge < -0.3 is 10.5 Å². The molecule has 1 aromatic carbocycles. The Morgan fingerprint density at radius 1 is 1.21 bits per heavy atom. The highest BCUT2D eigenvalue weighted by molar-refractivity contribution is 5.51. The number of ether oxygens (including phenoxy) is 1. The average Bonchev–Trinajstić information content (AvgIpc) is 2.42. The lowest BCUT2D eigenvalue weighted by Crippen LogP contribution is -2.14.